The Balaban J connectivity index is 1.48. The first kappa shape index (κ1) is 21.4. The molecule has 2 N–H and O–H groups in total. The van der Waals surface area contributed by atoms with E-state index in [-0.39, 0.29) is 12.0 Å². The number of benzene rings is 1. The smallest absolute Gasteiger partial charge is 0.322 e. The van der Waals surface area contributed by atoms with Gasteiger partial charge >= 0.3 is 6.01 Å². The van der Waals surface area contributed by atoms with Crippen molar-refractivity contribution in [2.24, 2.45) is 0 Å². The number of pyridine rings is 1. The summed E-state index contributed by atoms with van der Waals surface area (Å²) in [5.74, 6) is 0.898. The third-order valence-electron chi connectivity index (χ3n) is 6.06. The van der Waals surface area contributed by atoms with Crippen molar-refractivity contribution in [1.82, 2.24) is 24.9 Å². The van der Waals surface area contributed by atoms with Gasteiger partial charge in [-0.2, -0.15) is 19.6 Å². The monoisotopic (exact) mass is 448 g/mol. The standard InChI is InChI=1S/C24H30N7O2/c1-16(2)20-14-27-31-22(20)28-24(33-19-8-5-10-25-13-19)29-23(31)26-12-18-7-4-6-17-9-11-30(32-3)15-21(17)18/h4,6-7,9,11,14-16,19,25H,5,8,10,12-13H2,1-3H3,(H,26,28,29)/q+1. The second-order valence-corrected chi connectivity index (χ2v) is 8.67. The molecular weight excluding hydrogens is 418 g/mol. The van der Waals surface area contributed by atoms with Gasteiger partial charge in [0.05, 0.1) is 11.6 Å². The van der Waals surface area contributed by atoms with Crippen LogP contribution < -0.4 is 24.9 Å². The van der Waals surface area contributed by atoms with Crippen molar-refractivity contribution in [2.45, 2.75) is 45.3 Å². The van der Waals surface area contributed by atoms with Crippen molar-refractivity contribution in [1.29, 1.82) is 0 Å². The van der Waals surface area contributed by atoms with E-state index in [9.17, 15) is 0 Å². The van der Waals surface area contributed by atoms with Crippen molar-refractivity contribution >= 4 is 22.4 Å². The largest absolute Gasteiger partial charge is 0.459 e. The van der Waals surface area contributed by atoms with Crippen LogP contribution in [0.25, 0.3) is 16.4 Å². The summed E-state index contributed by atoms with van der Waals surface area (Å²) in [6.45, 7) is 6.68. The summed E-state index contributed by atoms with van der Waals surface area (Å²) in [6.07, 6.45) is 7.90. The summed E-state index contributed by atoms with van der Waals surface area (Å²) in [7, 11) is 1.65. The molecule has 1 fully saturated rings. The Labute approximate surface area is 192 Å². The lowest BCUT2D eigenvalue weighted by atomic mass is 10.1. The van der Waals surface area contributed by atoms with Crippen LogP contribution in [-0.2, 0) is 6.54 Å². The minimum atomic E-state index is 0.0713. The number of ether oxygens (including phenoxy) is 1. The first-order valence-corrected chi connectivity index (χ1v) is 11.5. The van der Waals surface area contributed by atoms with Gasteiger partial charge in [-0.3, -0.25) is 4.84 Å². The fourth-order valence-corrected chi connectivity index (χ4v) is 4.22. The molecule has 1 aliphatic heterocycles. The maximum atomic E-state index is 6.18. The molecule has 3 aromatic heterocycles. The van der Waals surface area contributed by atoms with Gasteiger partial charge in [-0.15, -0.1) is 0 Å². The lowest BCUT2D eigenvalue weighted by molar-refractivity contribution is -0.884. The van der Waals surface area contributed by atoms with Crippen molar-refractivity contribution < 1.29 is 14.3 Å². The molecule has 4 heterocycles. The van der Waals surface area contributed by atoms with E-state index in [0.29, 0.717) is 18.5 Å². The van der Waals surface area contributed by atoms with Gasteiger partial charge in [-0.05, 0) is 36.3 Å². The highest BCUT2D eigenvalue weighted by molar-refractivity contribution is 5.84. The molecule has 1 aliphatic rings. The predicted molar refractivity (Wildman–Crippen MR) is 125 cm³/mol. The molecule has 9 heteroatoms. The van der Waals surface area contributed by atoms with Gasteiger partial charge in [-0.1, -0.05) is 32.0 Å². The highest BCUT2D eigenvalue weighted by Crippen LogP contribution is 2.24. The number of hydrogen-bond acceptors (Lipinski definition) is 7. The number of piperidine rings is 1. The highest BCUT2D eigenvalue weighted by Gasteiger charge is 2.20. The van der Waals surface area contributed by atoms with Gasteiger partial charge in [0.2, 0.25) is 18.3 Å². The predicted octanol–water partition coefficient (Wildman–Crippen LogP) is 2.49. The zero-order valence-corrected chi connectivity index (χ0v) is 19.3. The molecule has 1 unspecified atom stereocenters. The molecule has 0 radical (unpaired) electrons. The van der Waals surface area contributed by atoms with Crippen molar-refractivity contribution in [3.63, 3.8) is 0 Å². The molecule has 1 aromatic carbocycles. The van der Waals surface area contributed by atoms with Gasteiger partial charge in [0.1, 0.15) is 13.2 Å². The minimum absolute atomic E-state index is 0.0713. The van der Waals surface area contributed by atoms with Crippen LogP contribution in [0.15, 0.2) is 42.9 Å². The SMILES string of the molecule is CO[n+]1ccc2cccc(CNc3nc(OC4CCCNC4)nc4c(C(C)C)cnn34)c2c1. The number of fused-ring (bicyclic) bond motifs is 2. The average Bonchev–Trinajstić information content (AvgIpc) is 3.27. The second-order valence-electron chi connectivity index (χ2n) is 8.67. The Hall–Kier alpha value is -3.46. The van der Waals surface area contributed by atoms with E-state index in [1.807, 2.05) is 24.7 Å². The average molecular weight is 449 g/mol. The summed E-state index contributed by atoms with van der Waals surface area (Å²) in [5.41, 5.74) is 2.97. The fourth-order valence-electron chi connectivity index (χ4n) is 4.22. The second kappa shape index (κ2) is 9.19. The fraction of sp³-hybridized carbons (Fsp3) is 0.417. The Kier molecular flexibility index (Phi) is 5.95. The van der Waals surface area contributed by atoms with Crippen LogP contribution in [0.4, 0.5) is 5.95 Å². The van der Waals surface area contributed by atoms with E-state index in [0.717, 1.165) is 53.5 Å². The zero-order valence-electron chi connectivity index (χ0n) is 19.3. The Morgan fingerprint density at radius 1 is 1.27 bits per heavy atom. The van der Waals surface area contributed by atoms with Crippen LogP contribution in [0.5, 0.6) is 6.01 Å². The molecule has 9 nitrogen and oxygen atoms in total. The van der Waals surface area contributed by atoms with Crippen molar-refractivity contribution in [3.05, 3.63) is 54.0 Å². The van der Waals surface area contributed by atoms with E-state index in [4.69, 9.17) is 19.5 Å². The maximum Gasteiger partial charge on any atom is 0.322 e. The topological polar surface area (TPSA) is 89.5 Å². The number of anilines is 1. The van der Waals surface area contributed by atoms with Crippen LogP contribution in [0.3, 0.4) is 0 Å². The van der Waals surface area contributed by atoms with E-state index in [2.05, 4.69) is 47.8 Å². The molecule has 33 heavy (non-hydrogen) atoms. The number of nitrogens with one attached hydrogen (secondary N) is 2. The first-order chi connectivity index (χ1) is 16.1. The van der Waals surface area contributed by atoms with Gasteiger partial charge in [0.15, 0.2) is 5.65 Å². The van der Waals surface area contributed by atoms with Crippen molar-refractivity contribution in [3.8, 4) is 6.01 Å². The number of hydrogen-bond donors (Lipinski definition) is 2. The van der Waals surface area contributed by atoms with Gasteiger partial charge < -0.3 is 15.4 Å². The molecule has 0 spiro atoms. The molecule has 0 bridgehead atoms. The Bertz CT molecular complexity index is 1260. The van der Waals surface area contributed by atoms with Crippen LogP contribution in [-0.4, -0.2) is 45.9 Å². The summed E-state index contributed by atoms with van der Waals surface area (Å²) in [5, 5.41) is 13.7. The van der Waals surface area contributed by atoms with Crippen LogP contribution in [0.2, 0.25) is 0 Å². The quantitative estimate of drug-likeness (QED) is 0.420. The van der Waals surface area contributed by atoms with Gasteiger partial charge in [-0.25, -0.2) is 0 Å². The number of aromatic nitrogens is 5. The number of rotatable bonds is 7. The lowest BCUT2D eigenvalue weighted by Crippen LogP contribution is -2.39. The van der Waals surface area contributed by atoms with Crippen LogP contribution in [0, 0.1) is 0 Å². The molecule has 172 valence electrons. The van der Waals surface area contributed by atoms with Gasteiger partial charge in [0.25, 0.3) is 0 Å². The van der Waals surface area contributed by atoms with Gasteiger partial charge in [0, 0.05) is 29.4 Å². The van der Waals surface area contributed by atoms with E-state index in [1.165, 1.54) is 0 Å². The first-order valence-electron chi connectivity index (χ1n) is 11.5. The van der Waals surface area contributed by atoms with Crippen LogP contribution >= 0.6 is 0 Å². The normalized spacial score (nSPS) is 16.4. The molecule has 0 aliphatic carbocycles. The molecule has 1 atom stereocenters. The van der Waals surface area contributed by atoms with E-state index < -0.39 is 0 Å². The zero-order chi connectivity index (χ0) is 22.8. The Morgan fingerprint density at radius 3 is 2.97 bits per heavy atom. The summed E-state index contributed by atoms with van der Waals surface area (Å²) in [4.78, 5) is 14.8. The Morgan fingerprint density at radius 2 is 2.18 bits per heavy atom. The van der Waals surface area contributed by atoms with Crippen LogP contribution in [0.1, 0.15) is 43.7 Å². The highest BCUT2D eigenvalue weighted by atomic mass is 16.6. The molecule has 0 amide bonds. The summed E-state index contributed by atoms with van der Waals surface area (Å²) in [6, 6.07) is 8.67. The molecule has 4 aromatic rings. The number of nitrogens with zero attached hydrogens (tertiary/aromatic N) is 5. The molecule has 0 saturated carbocycles. The van der Waals surface area contributed by atoms with E-state index in [1.54, 1.807) is 16.4 Å². The molecule has 5 rings (SSSR count). The third kappa shape index (κ3) is 4.41. The summed E-state index contributed by atoms with van der Waals surface area (Å²) >= 11 is 0. The van der Waals surface area contributed by atoms with Crippen molar-refractivity contribution in [2.75, 3.05) is 25.5 Å². The minimum Gasteiger partial charge on any atom is -0.459 e. The molecule has 1 saturated heterocycles. The summed E-state index contributed by atoms with van der Waals surface area (Å²) < 4.78 is 9.64. The lowest BCUT2D eigenvalue weighted by Gasteiger charge is -2.23. The molecular formula is C24H30N7O2+. The maximum absolute atomic E-state index is 6.18. The third-order valence-corrected chi connectivity index (χ3v) is 6.06. The van der Waals surface area contributed by atoms with E-state index >= 15 is 0 Å².